The molecular formula is C14H18ClNO2. The Bertz CT molecular complexity index is 430. The topological polar surface area (TPSA) is 40.5 Å². The molecule has 1 saturated heterocycles. The lowest BCUT2D eigenvalue weighted by atomic mass is 10.0. The lowest BCUT2D eigenvalue weighted by Crippen LogP contribution is -2.27. The fourth-order valence-corrected chi connectivity index (χ4v) is 2.47. The molecule has 0 radical (unpaired) electrons. The van der Waals surface area contributed by atoms with Crippen molar-refractivity contribution in [1.82, 2.24) is 0 Å². The van der Waals surface area contributed by atoms with E-state index in [0.717, 1.165) is 5.69 Å². The summed E-state index contributed by atoms with van der Waals surface area (Å²) in [5.41, 5.74) is 2.09. The average molecular weight is 268 g/mol. The largest absolute Gasteiger partial charge is 0.396 e. The number of hydrogen-bond acceptors (Lipinski definition) is 2. The van der Waals surface area contributed by atoms with Crippen LogP contribution in [0.3, 0.4) is 0 Å². The van der Waals surface area contributed by atoms with Crippen molar-refractivity contribution in [3.8, 4) is 0 Å². The van der Waals surface area contributed by atoms with Gasteiger partial charge in [0.2, 0.25) is 5.91 Å². The normalized spacial score (nSPS) is 24.1. The van der Waals surface area contributed by atoms with E-state index in [1.165, 1.54) is 5.56 Å². The first kappa shape index (κ1) is 13.4. The molecular weight excluding hydrogens is 250 g/mol. The minimum Gasteiger partial charge on any atom is -0.396 e. The molecule has 3 nitrogen and oxygen atoms in total. The molecule has 1 amide bonds. The van der Waals surface area contributed by atoms with E-state index >= 15 is 0 Å². The molecule has 1 heterocycles. The van der Waals surface area contributed by atoms with Crippen LogP contribution in [0, 0.1) is 5.92 Å². The van der Waals surface area contributed by atoms with E-state index in [4.69, 9.17) is 11.6 Å². The van der Waals surface area contributed by atoms with Crippen molar-refractivity contribution in [3.63, 3.8) is 0 Å². The van der Waals surface area contributed by atoms with Gasteiger partial charge in [0.25, 0.3) is 0 Å². The second kappa shape index (κ2) is 5.29. The summed E-state index contributed by atoms with van der Waals surface area (Å²) in [5.74, 6) is 0.177. The second-order valence-corrected chi connectivity index (χ2v) is 5.51. The molecule has 0 bridgehead atoms. The summed E-state index contributed by atoms with van der Waals surface area (Å²) in [7, 11) is 0. The molecule has 0 aliphatic carbocycles. The zero-order valence-corrected chi connectivity index (χ0v) is 11.4. The highest BCUT2D eigenvalue weighted by atomic mass is 35.5. The number of halogens is 1. The molecule has 1 aliphatic heterocycles. The Labute approximate surface area is 112 Å². The number of alkyl halides is 1. The molecule has 1 aromatic rings. The second-order valence-electron chi connectivity index (χ2n) is 5.04. The van der Waals surface area contributed by atoms with E-state index in [1.807, 2.05) is 24.3 Å². The smallest absolute Gasteiger partial charge is 0.245 e. The number of aliphatic hydroxyl groups excluding tert-OH is 1. The van der Waals surface area contributed by atoms with Gasteiger partial charge in [-0.25, -0.2) is 0 Å². The maximum absolute atomic E-state index is 12.0. The number of rotatable bonds is 3. The Kier molecular flexibility index (Phi) is 3.93. The molecule has 0 saturated carbocycles. The molecule has 4 heteroatoms. The number of carbonyl (C=O) groups is 1. The Morgan fingerprint density at radius 1 is 1.39 bits per heavy atom. The summed E-state index contributed by atoms with van der Waals surface area (Å²) >= 11 is 6.00. The molecule has 98 valence electrons. The van der Waals surface area contributed by atoms with E-state index in [-0.39, 0.29) is 18.4 Å². The zero-order valence-electron chi connectivity index (χ0n) is 10.6. The molecule has 1 N–H and O–H groups in total. The van der Waals surface area contributed by atoms with Crippen molar-refractivity contribution in [1.29, 1.82) is 0 Å². The van der Waals surface area contributed by atoms with Gasteiger partial charge in [-0.1, -0.05) is 26.0 Å². The third-order valence-electron chi connectivity index (χ3n) is 3.44. The van der Waals surface area contributed by atoms with Gasteiger partial charge in [0.1, 0.15) is 5.38 Å². The van der Waals surface area contributed by atoms with Gasteiger partial charge in [-0.3, -0.25) is 4.79 Å². The standard InChI is InChI=1S/C14H18ClNO2/c1-9(2)10-3-5-12(6-4-10)16-7-11(8-17)13(15)14(16)18/h3-6,9,11,13,17H,7-8H2,1-2H3/t11-,13-/m1/s1. The van der Waals surface area contributed by atoms with E-state index in [9.17, 15) is 9.90 Å². The summed E-state index contributed by atoms with van der Waals surface area (Å²) in [6.07, 6.45) is 0. The number of nitrogens with zero attached hydrogens (tertiary/aromatic N) is 1. The van der Waals surface area contributed by atoms with Crippen molar-refractivity contribution in [2.45, 2.75) is 25.1 Å². The van der Waals surface area contributed by atoms with Crippen LogP contribution in [0.15, 0.2) is 24.3 Å². The van der Waals surface area contributed by atoms with E-state index in [1.54, 1.807) is 4.90 Å². The maximum Gasteiger partial charge on any atom is 0.245 e. The third-order valence-corrected chi connectivity index (χ3v) is 3.98. The Hall–Kier alpha value is -1.06. The molecule has 1 fully saturated rings. The van der Waals surface area contributed by atoms with Crippen molar-refractivity contribution >= 4 is 23.2 Å². The van der Waals surface area contributed by atoms with Crippen LogP contribution in [0.2, 0.25) is 0 Å². The minimum absolute atomic E-state index is 0.0551. The summed E-state index contributed by atoms with van der Waals surface area (Å²) in [6, 6.07) is 7.94. The molecule has 1 aromatic carbocycles. The van der Waals surface area contributed by atoms with E-state index in [2.05, 4.69) is 13.8 Å². The van der Waals surface area contributed by atoms with Gasteiger partial charge in [-0.15, -0.1) is 11.6 Å². The zero-order chi connectivity index (χ0) is 13.3. The van der Waals surface area contributed by atoms with Gasteiger partial charge in [0.05, 0.1) is 0 Å². The lowest BCUT2D eigenvalue weighted by Gasteiger charge is -2.17. The highest BCUT2D eigenvalue weighted by Gasteiger charge is 2.39. The number of anilines is 1. The number of carbonyl (C=O) groups excluding carboxylic acids is 1. The monoisotopic (exact) mass is 267 g/mol. The molecule has 2 atom stereocenters. The number of hydrogen-bond donors (Lipinski definition) is 1. The molecule has 18 heavy (non-hydrogen) atoms. The highest BCUT2D eigenvalue weighted by molar-refractivity contribution is 6.34. The van der Waals surface area contributed by atoms with Crippen LogP contribution >= 0.6 is 11.6 Å². The average Bonchev–Trinajstić information content (AvgIpc) is 2.66. The van der Waals surface area contributed by atoms with E-state index < -0.39 is 5.38 Å². The molecule has 2 rings (SSSR count). The van der Waals surface area contributed by atoms with Gasteiger partial charge >= 0.3 is 0 Å². The first-order valence-corrected chi connectivity index (χ1v) is 6.64. The van der Waals surface area contributed by atoms with Crippen LogP contribution in [-0.4, -0.2) is 29.5 Å². The summed E-state index contributed by atoms with van der Waals surface area (Å²) in [6.45, 7) is 4.70. The fraction of sp³-hybridized carbons (Fsp3) is 0.500. The van der Waals surface area contributed by atoms with Crippen molar-refractivity contribution in [2.24, 2.45) is 5.92 Å². The molecule has 0 spiro atoms. The van der Waals surface area contributed by atoms with Crippen LogP contribution in [-0.2, 0) is 4.79 Å². The van der Waals surface area contributed by atoms with Crippen LogP contribution in [0.4, 0.5) is 5.69 Å². The number of aliphatic hydroxyl groups is 1. The van der Waals surface area contributed by atoms with Gasteiger partial charge in [0, 0.05) is 24.8 Å². The summed E-state index contributed by atoms with van der Waals surface area (Å²) in [4.78, 5) is 13.6. The van der Waals surface area contributed by atoms with Gasteiger partial charge in [-0.05, 0) is 23.6 Å². The predicted molar refractivity (Wildman–Crippen MR) is 73.1 cm³/mol. The van der Waals surface area contributed by atoms with Gasteiger partial charge in [0.15, 0.2) is 0 Å². The predicted octanol–water partition coefficient (Wildman–Crippen LogP) is 2.37. The SMILES string of the molecule is CC(C)c1ccc(N2C[C@H](CO)[C@@H](Cl)C2=O)cc1. The maximum atomic E-state index is 12.0. The van der Waals surface area contributed by atoms with E-state index in [0.29, 0.717) is 12.5 Å². The fourth-order valence-electron chi connectivity index (χ4n) is 2.19. The van der Waals surface area contributed by atoms with Crippen molar-refractivity contribution in [3.05, 3.63) is 29.8 Å². The Morgan fingerprint density at radius 2 is 2.00 bits per heavy atom. The van der Waals surface area contributed by atoms with Crippen molar-refractivity contribution in [2.75, 3.05) is 18.1 Å². The van der Waals surface area contributed by atoms with Crippen LogP contribution in [0.25, 0.3) is 0 Å². The van der Waals surface area contributed by atoms with Gasteiger partial charge < -0.3 is 10.0 Å². The highest BCUT2D eigenvalue weighted by Crippen LogP contribution is 2.29. The van der Waals surface area contributed by atoms with Crippen molar-refractivity contribution < 1.29 is 9.90 Å². The Morgan fingerprint density at radius 3 is 2.44 bits per heavy atom. The number of amides is 1. The summed E-state index contributed by atoms with van der Waals surface area (Å²) in [5, 5.41) is 8.56. The quantitative estimate of drug-likeness (QED) is 0.855. The first-order valence-electron chi connectivity index (χ1n) is 6.21. The van der Waals surface area contributed by atoms with Crippen LogP contribution in [0.5, 0.6) is 0 Å². The van der Waals surface area contributed by atoms with Gasteiger partial charge in [-0.2, -0.15) is 0 Å². The lowest BCUT2D eigenvalue weighted by molar-refractivity contribution is -0.117. The summed E-state index contributed by atoms with van der Waals surface area (Å²) < 4.78 is 0. The molecule has 0 aromatic heterocycles. The molecule has 0 unspecified atom stereocenters. The number of benzene rings is 1. The third kappa shape index (κ3) is 2.38. The Balaban J connectivity index is 2.20. The molecule has 1 aliphatic rings. The van der Waals surface area contributed by atoms with Crippen LogP contribution in [0.1, 0.15) is 25.3 Å². The van der Waals surface area contributed by atoms with Crippen LogP contribution < -0.4 is 4.90 Å². The minimum atomic E-state index is -0.611. The first-order chi connectivity index (χ1) is 8.54.